The number of ether oxygens (including phenoxy) is 5. The molecule has 0 spiro atoms. The molecule has 0 radical (unpaired) electrons. The molecule has 50 heavy (non-hydrogen) atoms. The largest absolute Gasteiger partial charge is 0.528 e. The van der Waals surface area contributed by atoms with Crippen molar-refractivity contribution >= 4 is 29.4 Å². The van der Waals surface area contributed by atoms with E-state index < -0.39 is 24.0 Å². The van der Waals surface area contributed by atoms with Gasteiger partial charge in [-0.05, 0) is 79.4 Å². The predicted molar refractivity (Wildman–Crippen MR) is 194 cm³/mol. The molecule has 3 atom stereocenters. The summed E-state index contributed by atoms with van der Waals surface area (Å²) < 4.78 is 30.5. The van der Waals surface area contributed by atoms with E-state index in [4.69, 9.17) is 51.7 Å². The van der Waals surface area contributed by atoms with Gasteiger partial charge in [-0.3, -0.25) is 0 Å². The van der Waals surface area contributed by atoms with E-state index in [0.717, 1.165) is 34.4 Å². The maximum Gasteiger partial charge on any atom is 0.528 e. The van der Waals surface area contributed by atoms with Crippen LogP contribution in [0.2, 0.25) is 10.0 Å². The van der Waals surface area contributed by atoms with Crippen LogP contribution in [0.15, 0.2) is 103 Å². The third-order valence-electron chi connectivity index (χ3n) is 7.99. The van der Waals surface area contributed by atoms with Crippen molar-refractivity contribution in [2.24, 2.45) is 0 Å². The molecule has 1 aliphatic rings. The number of hydrogen-bond donors (Lipinski definition) is 0. The molecule has 1 aliphatic heterocycles. The van der Waals surface area contributed by atoms with Crippen LogP contribution < -0.4 is 4.74 Å². The lowest BCUT2D eigenvalue weighted by Crippen LogP contribution is -2.53. The average Bonchev–Trinajstić information content (AvgIpc) is 3.09. The van der Waals surface area contributed by atoms with E-state index in [2.05, 4.69) is 12.1 Å². The number of halogens is 2. The van der Waals surface area contributed by atoms with Crippen LogP contribution >= 0.6 is 23.2 Å². The van der Waals surface area contributed by atoms with Crippen LogP contribution in [0.25, 0.3) is 0 Å². The van der Waals surface area contributed by atoms with Crippen molar-refractivity contribution in [3.05, 3.63) is 135 Å². The van der Waals surface area contributed by atoms with Crippen molar-refractivity contribution < 1.29 is 33.3 Å². The SMILES string of the molecule is CC(C)(C)OC(=O)ON1C[C@H](OCc2ccc(Cl)cc2)C(c2ccc(OCCCOCc3ccccc3)cc2)[C@H](OCc2ccc(Cl)cc2)C1. The Hall–Kier alpha value is -3.63. The molecular weight excluding hydrogens is 677 g/mol. The Balaban J connectivity index is 1.30. The zero-order chi connectivity index (χ0) is 35.3. The van der Waals surface area contributed by atoms with Crippen molar-refractivity contribution in [3.63, 3.8) is 0 Å². The summed E-state index contributed by atoms with van der Waals surface area (Å²) in [5.74, 6) is 0.563. The number of piperidine rings is 1. The van der Waals surface area contributed by atoms with Crippen LogP contribution in [0.3, 0.4) is 0 Å². The summed E-state index contributed by atoms with van der Waals surface area (Å²) in [6.07, 6.45) is -0.835. The van der Waals surface area contributed by atoms with Crippen LogP contribution in [-0.2, 0) is 43.6 Å². The van der Waals surface area contributed by atoms with Gasteiger partial charge in [0.05, 0.1) is 58.3 Å². The Morgan fingerprint density at radius 2 is 1.24 bits per heavy atom. The molecule has 0 aromatic heterocycles. The minimum atomic E-state index is -0.782. The van der Waals surface area contributed by atoms with Crippen LogP contribution in [0.5, 0.6) is 5.75 Å². The number of benzene rings is 4. The minimum Gasteiger partial charge on any atom is -0.494 e. The first-order valence-electron chi connectivity index (χ1n) is 16.8. The quantitative estimate of drug-likeness (QED) is 0.0888. The molecule has 1 fully saturated rings. The van der Waals surface area contributed by atoms with E-state index in [9.17, 15) is 4.79 Å². The lowest BCUT2D eigenvalue weighted by atomic mass is 9.85. The summed E-state index contributed by atoms with van der Waals surface area (Å²) in [6, 6.07) is 33.2. The fourth-order valence-corrected chi connectivity index (χ4v) is 5.85. The van der Waals surface area contributed by atoms with Gasteiger partial charge in [0.1, 0.15) is 11.4 Å². The highest BCUT2D eigenvalue weighted by Gasteiger charge is 2.41. The smallest absolute Gasteiger partial charge is 0.494 e. The van der Waals surface area contributed by atoms with Crippen LogP contribution in [0.4, 0.5) is 4.79 Å². The van der Waals surface area contributed by atoms with Gasteiger partial charge < -0.3 is 28.5 Å². The third kappa shape index (κ3) is 12.3. The van der Waals surface area contributed by atoms with Gasteiger partial charge >= 0.3 is 6.16 Å². The van der Waals surface area contributed by atoms with Gasteiger partial charge in [0.2, 0.25) is 0 Å². The van der Waals surface area contributed by atoms with Crippen molar-refractivity contribution in [1.29, 1.82) is 0 Å². The Labute approximate surface area is 305 Å². The Morgan fingerprint density at radius 1 is 0.700 bits per heavy atom. The van der Waals surface area contributed by atoms with Crippen LogP contribution in [0, 0.1) is 0 Å². The zero-order valence-corrected chi connectivity index (χ0v) is 30.3. The summed E-state index contributed by atoms with van der Waals surface area (Å²) in [7, 11) is 0. The van der Waals surface area contributed by atoms with Gasteiger partial charge in [0.15, 0.2) is 0 Å². The Morgan fingerprint density at radius 3 is 1.78 bits per heavy atom. The molecule has 0 aliphatic carbocycles. The maximum absolute atomic E-state index is 12.7. The summed E-state index contributed by atoms with van der Waals surface area (Å²) in [5.41, 5.74) is 3.39. The van der Waals surface area contributed by atoms with E-state index in [0.29, 0.717) is 56.2 Å². The average molecular weight is 723 g/mol. The number of rotatable bonds is 15. The van der Waals surface area contributed by atoms with Crippen LogP contribution in [-0.4, -0.2) is 55.3 Å². The van der Waals surface area contributed by atoms with E-state index in [1.54, 1.807) is 25.8 Å². The minimum absolute atomic E-state index is 0.200. The first-order valence-corrected chi connectivity index (χ1v) is 17.6. The Bertz CT molecular complexity index is 1540. The fourth-order valence-electron chi connectivity index (χ4n) is 5.60. The second-order valence-corrected chi connectivity index (χ2v) is 14.1. The van der Waals surface area contributed by atoms with Gasteiger partial charge in [0.25, 0.3) is 0 Å². The first-order chi connectivity index (χ1) is 24.1. The number of carbonyl (C=O) groups is 1. The standard InChI is InChI=1S/C40H45Cl2NO7/c1-40(2,3)49-39(44)50-43-24-36(47-27-30-10-16-33(41)17-11-30)38(37(25-43)48-28-31-12-18-34(42)19-13-31)32-14-20-35(21-15-32)46-23-7-22-45-26-29-8-5-4-6-9-29/h4-6,8-21,36-38H,7,22-28H2,1-3H3/t36-,37+,38?. The number of carbonyl (C=O) groups excluding carboxylic acids is 1. The molecule has 1 unspecified atom stereocenters. The molecule has 0 N–H and O–H groups in total. The van der Waals surface area contributed by atoms with Gasteiger partial charge in [0, 0.05) is 22.4 Å². The van der Waals surface area contributed by atoms with Gasteiger partial charge in [-0.1, -0.05) is 89.9 Å². The molecule has 8 nitrogen and oxygen atoms in total. The van der Waals surface area contributed by atoms with Gasteiger partial charge in [-0.15, -0.1) is 5.06 Å². The second-order valence-electron chi connectivity index (χ2n) is 13.2. The number of nitrogens with zero attached hydrogens (tertiary/aromatic N) is 1. The summed E-state index contributed by atoms with van der Waals surface area (Å²) in [4.78, 5) is 18.5. The topological polar surface area (TPSA) is 75.7 Å². The molecule has 5 rings (SSSR count). The summed E-state index contributed by atoms with van der Waals surface area (Å²) >= 11 is 12.3. The van der Waals surface area contributed by atoms with Crippen molar-refractivity contribution in [2.45, 2.75) is 70.7 Å². The molecule has 0 saturated carbocycles. The number of hydrogen-bond acceptors (Lipinski definition) is 8. The van der Waals surface area contributed by atoms with Crippen molar-refractivity contribution in [1.82, 2.24) is 5.06 Å². The molecule has 4 aromatic carbocycles. The third-order valence-corrected chi connectivity index (χ3v) is 8.50. The van der Waals surface area contributed by atoms with E-state index >= 15 is 0 Å². The van der Waals surface area contributed by atoms with Crippen LogP contribution in [0.1, 0.15) is 55.4 Å². The summed E-state index contributed by atoms with van der Waals surface area (Å²) in [6.45, 7) is 8.38. The highest BCUT2D eigenvalue weighted by atomic mass is 35.5. The molecule has 1 heterocycles. The lowest BCUT2D eigenvalue weighted by Gasteiger charge is -2.42. The molecule has 1 saturated heterocycles. The monoisotopic (exact) mass is 721 g/mol. The van der Waals surface area contributed by atoms with Crippen molar-refractivity contribution in [2.75, 3.05) is 26.3 Å². The zero-order valence-electron chi connectivity index (χ0n) is 28.8. The van der Waals surface area contributed by atoms with E-state index in [1.807, 2.05) is 91.0 Å². The fraction of sp³-hybridized carbons (Fsp3) is 0.375. The first kappa shape index (κ1) is 37.6. The normalized spacial score (nSPS) is 18.1. The highest BCUT2D eigenvalue weighted by Crippen LogP contribution is 2.35. The molecule has 266 valence electrons. The van der Waals surface area contributed by atoms with Gasteiger partial charge in [-0.25, -0.2) is 4.79 Å². The van der Waals surface area contributed by atoms with Crippen molar-refractivity contribution in [3.8, 4) is 5.75 Å². The van der Waals surface area contributed by atoms with Gasteiger partial charge in [-0.2, -0.15) is 0 Å². The second kappa shape index (κ2) is 18.6. The molecule has 0 bridgehead atoms. The maximum atomic E-state index is 12.7. The highest BCUT2D eigenvalue weighted by molar-refractivity contribution is 6.30. The Kier molecular flexibility index (Phi) is 14.0. The molecular formula is C40H45Cl2NO7. The predicted octanol–water partition coefficient (Wildman–Crippen LogP) is 9.42. The number of hydroxylamine groups is 2. The van der Waals surface area contributed by atoms with E-state index in [1.165, 1.54) is 0 Å². The van der Waals surface area contributed by atoms with E-state index in [-0.39, 0.29) is 5.92 Å². The molecule has 0 amide bonds. The lowest BCUT2D eigenvalue weighted by molar-refractivity contribution is -0.209. The molecule has 4 aromatic rings. The molecule has 10 heteroatoms. The summed E-state index contributed by atoms with van der Waals surface area (Å²) in [5, 5.41) is 2.87.